The molecule has 0 spiro atoms. The molecule has 1 aliphatic rings. The van der Waals surface area contributed by atoms with E-state index < -0.39 is 5.97 Å². The maximum Gasteiger partial charge on any atom is 0.335 e. The quantitative estimate of drug-likeness (QED) is 0.825. The fourth-order valence-electron chi connectivity index (χ4n) is 2.59. The molecule has 1 heterocycles. The Bertz CT molecular complexity index is 712. The van der Waals surface area contributed by atoms with Crippen molar-refractivity contribution < 1.29 is 24.2 Å². The van der Waals surface area contributed by atoms with Crippen LogP contribution >= 0.6 is 0 Å². The summed E-state index contributed by atoms with van der Waals surface area (Å²) >= 11 is 0. The molecule has 2 aromatic carbocycles. The van der Waals surface area contributed by atoms with Gasteiger partial charge in [-0.1, -0.05) is 36.4 Å². The van der Waals surface area contributed by atoms with Crippen molar-refractivity contribution in [3.8, 4) is 0 Å². The van der Waals surface area contributed by atoms with Crippen LogP contribution < -0.4 is 0 Å². The average molecular weight is 326 g/mol. The molecule has 0 radical (unpaired) electrons. The van der Waals surface area contributed by atoms with Crippen LogP contribution in [-0.2, 0) is 15.9 Å². The summed E-state index contributed by atoms with van der Waals surface area (Å²) < 4.78 is 10.9. The fourth-order valence-corrected chi connectivity index (χ4v) is 2.59. The van der Waals surface area contributed by atoms with Gasteiger partial charge in [0.15, 0.2) is 12.1 Å². The van der Waals surface area contributed by atoms with Crippen LogP contribution in [0.15, 0.2) is 48.5 Å². The van der Waals surface area contributed by atoms with Gasteiger partial charge in [0.05, 0.1) is 18.8 Å². The summed E-state index contributed by atoms with van der Waals surface area (Å²) in [5.74, 6) is -0.997. The Morgan fingerprint density at radius 1 is 0.917 bits per heavy atom. The van der Waals surface area contributed by atoms with Crippen molar-refractivity contribution in [3.63, 3.8) is 0 Å². The van der Waals surface area contributed by atoms with E-state index in [4.69, 9.17) is 14.6 Å². The van der Waals surface area contributed by atoms with E-state index in [1.165, 1.54) is 12.1 Å². The summed E-state index contributed by atoms with van der Waals surface area (Å²) in [6.07, 6.45) is 0.724. The lowest BCUT2D eigenvalue weighted by atomic mass is 10.0. The zero-order chi connectivity index (χ0) is 16.9. The lowest BCUT2D eigenvalue weighted by Gasteiger charge is -2.10. The van der Waals surface area contributed by atoms with Gasteiger partial charge >= 0.3 is 5.97 Å². The van der Waals surface area contributed by atoms with Crippen LogP contribution in [0, 0.1) is 0 Å². The molecule has 1 aliphatic heterocycles. The number of aromatic carboxylic acids is 1. The Balaban J connectivity index is 1.56. The van der Waals surface area contributed by atoms with Gasteiger partial charge < -0.3 is 14.6 Å². The van der Waals surface area contributed by atoms with E-state index in [9.17, 15) is 9.59 Å². The second kappa shape index (κ2) is 7.38. The van der Waals surface area contributed by atoms with E-state index in [2.05, 4.69) is 0 Å². The second-order valence-corrected chi connectivity index (χ2v) is 5.62. The molecule has 0 atom stereocenters. The van der Waals surface area contributed by atoms with Crippen molar-refractivity contribution in [1.29, 1.82) is 0 Å². The van der Waals surface area contributed by atoms with E-state index in [0.717, 1.165) is 11.1 Å². The molecule has 1 saturated heterocycles. The Morgan fingerprint density at radius 2 is 1.50 bits per heavy atom. The normalized spacial score (nSPS) is 14.7. The Hall–Kier alpha value is -2.50. The van der Waals surface area contributed by atoms with Crippen molar-refractivity contribution in [2.24, 2.45) is 0 Å². The van der Waals surface area contributed by atoms with Gasteiger partial charge in [0.1, 0.15) is 0 Å². The van der Waals surface area contributed by atoms with Crippen molar-refractivity contribution in [2.45, 2.75) is 19.1 Å². The Morgan fingerprint density at radius 3 is 2.08 bits per heavy atom. The summed E-state index contributed by atoms with van der Waals surface area (Å²) in [5.41, 5.74) is 2.75. The molecule has 124 valence electrons. The predicted molar refractivity (Wildman–Crippen MR) is 87.1 cm³/mol. The molecule has 0 unspecified atom stereocenters. The summed E-state index contributed by atoms with van der Waals surface area (Å²) in [6.45, 7) is 1.23. The first-order chi connectivity index (χ1) is 11.6. The molecular weight excluding hydrogens is 308 g/mol. The lowest BCUT2D eigenvalue weighted by Crippen LogP contribution is -2.03. The van der Waals surface area contributed by atoms with Crippen molar-refractivity contribution in [1.82, 2.24) is 0 Å². The van der Waals surface area contributed by atoms with Gasteiger partial charge in [-0.25, -0.2) is 4.79 Å². The number of hydrogen-bond acceptors (Lipinski definition) is 4. The third-order valence-corrected chi connectivity index (χ3v) is 3.97. The van der Waals surface area contributed by atoms with E-state index in [1.807, 2.05) is 24.3 Å². The monoisotopic (exact) mass is 326 g/mol. The van der Waals surface area contributed by atoms with Gasteiger partial charge in [0.25, 0.3) is 0 Å². The average Bonchev–Trinajstić information content (AvgIpc) is 3.15. The Labute approximate surface area is 139 Å². The van der Waals surface area contributed by atoms with Crippen LogP contribution in [-0.4, -0.2) is 30.1 Å². The molecule has 1 N–H and O–H groups in total. The number of Topliss-reactive ketones (excluding diaryl/α,β-unsaturated/α-hetero) is 1. The fraction of sp³-hybridized carbons (Fsp3) is 0.263. The van der Waals surface area contributed by atoms with Gasteiger partial charge in [-0.2, -0.15) is 0 Å². The van der Waals surface area contributed by atoms with Gasteiger partial charge in [-0.05, 0) is 24.1 Å². The van der Waals surface area contributed by atoms with E-state index in [1.54, 1.807) is 12.1 Å². The van der Waals surface area contributed by atoms with Crippen molar-refractivity contribution in [3.05, 3.63) is 70.8 Å². The molecule has 24 heavy (non-hydrogen) atoms. The third kappa shape index (κ3) is 3.88. The van der Waals surface area contributed by atoms with Crippen LogP contribution in [0.25, 0.3) is 0 Å². The molecule has 0 saturated carbocycles. The molecule has 0 aliphatic carbocycles. The van der Waals surface area contributed by atoms with E-state index >= 15 is 0 Å². The topological polar surface area (TPSA) is 72.8 Å². The van der Waals surface area contributed by atoms with E-state index in [-0.39, 0.29) is 17.6 Å². The van der Waals surface area contributed by atoms with Crippen LogP contribution in [0.5, 0.6) is 0 Å². The minimum absolute atomic E-state index is 0.00141. The number of carboxylic acid groups (broad SMARTS) is 1. The van der Waals surface area contributed by atoms with Gasteiger partial charge in [0.2, 0.25) is 0 Å². The summed E-state index contributed by atoms with van der Waals surface area (Å²) in [7, 11) is 0. The number of hydrogen-bond donors (Lipinski definition) is 1. The first-order valence-corrected chi connectivity index (χ1v) is 7.82. The molecule has 5 heteroatoms. The molecule has 0 aromatic heterocycles. The first-order valence-electron chi connectivity index (χ1n) is 7.82. The van der Waals surface area contributed by atoms with Crippen LogP contribution in [0.2, 0.25) is 0 Å². The lowest BCUT2D eigenvalue weighted by molar-refractivity contribution is -0.0441. The van der Waals surface area contributed by atoms with Crippen LogP contribution in [0.3, 0.4) is 0 Å². The number of ether oxygens (including phenoxy) is 2. The number of carbonyl (C=O) groups excluding carboxylic acids is 1. The number of ketones is 1. The molecule has 0 amide bonds. The molecule has 1 fully saturated rings. The zero-order valence-electron chi connectivity index (χ0n) is 13.1. The van der Waals surface area contributed by atoms with Crippen LogP contribution in [0.4, 0.5) is 0 Å². The van der Waals surface area contributed by atoms with Crippen molar-refractivity contribution >= 4 is 11.8 Å². The second-order valence-electron chi connectivity index (χ2n) is 5.62. The number of aryl methyl sites for hydroxylation is 1. The summed E-state index contributed by atoms with van der Waals surface area (Å²) in [6, 6.07) is 13.9. The number of carbonyl (C=O) groups is 2. The predicted octanol–water partition coefficient (Wildman–Crippen LogP) is 3.25. The maximum absolute atomic E-state index is 12.2. The highest BCUT2D eigenvalue weighted by atomic mass is 16.7. The number of carboxylic acids is 1. The highest BCUT2D eigenvalue weighted by Crippen LogP contribution is 2.23. The molecule has 5 nitrogen and oxygen atoms in total. The highest BCUT2D eigenvalue weighted by molar-refractivity contribution is 5.97. The van der Waals surface area contributed by atoms with Gasteiger partial charge in [-0.3, -0.25) is 4.79 Å². The van der Waals surface area contributed by atoms with Gasteiger partial charge in [-0.15, -0.1) is 0 Å². The van der Waals surface area contributed by atoms with Crippen molar-refractivity contribution in [2.75, 3.05) is 13.2 Å². The van der Waals surface area contributed by atoms with Crippen LogP contribution in [0.1, 0.15) is 44.6 Å². The number of benzene rings is 2. The van der Waals surface area contributed by atoms with Gasteiger partial charge in [0, 0.05) is 17.5 Å². The molecular formula is C19H18O5. The SMILES string of the molecule is O=C(O)c1ccc(C(=O)CCc2ccc(C3OCCO3)cc2)cc1. The molecule has 3 rings (SSSR count). The smallest absolute Gasteiger partial charge is 0.335 e. The molecule has 0 bridgehead atoms. The van der Waals surface area contributed by atoms with E-state index in [0.29, 0.717) is 31.6 Å². The molecule has 2 aromatic rings. The Kier molecular flexibility index (Phi) is 5.03. The minimum atomic E-state index is -0.996. The first kappa shape index (κ1) is 16.4. The maximum atomic E-state index is 12.2. The largest absolute Gasteiger partial charge is 0.478 e. The minimum Gasteiger partial charge on any atom is -0.478 e. The highest BCUT2D eigenvalue weighted by Gasteiger charge is 2.17. The zero-order valence-corrected chi connectivity index (χ0v) is 13.1. The standard InChI is InChI=1S/C19H18O5/c20-17(14-6-8-15(9-7-14)18(21)22)10-3-13-1-4-16(5-2-13)19-23-11-12-24-19/h1-2,4-9,19H,3,10-12H2,(H,21,22). The number of rotatable bonds is 6. The summed E-state index contributed by atoms with van der Waals surface area (Å²) in [5, 5.41) is 8.86. The third-order valence-electron chi connectivity index (χ3n) is 3.97. The summed E-state index contributed by atoms with van der Waals surface area (Å²) in [4.78, 5) is 23.0.